The Kier molecular flexibility index (Phi) is 6.29. The van der Waals surface area contributed by atoms with Gasteiger partial charge in [-0.25, -0.2) is 0 Å². The number of hydrogen-bond acceptors (Lipinski definition) is 3. The fourth-order valence-electron chi connectivity index (χ4n) is 3.65. The van der Waals surface area contributed by atoms with Gasteiger partial charge in [-0.1, -0.05) is 50.2 Å². The average Bonchev–Trinajstić information content (AvgIpc) is 3.09. The molecule has 0 aromatic heterocycles. The van der Waals surface area contributed by atoms with Gasteiger partial charge in [0.25, 0.3) is 0 Å². The van der Waals surface area contributed by atoms with E-state index < -0.39 is 0 Å². The molecule has 26 heavy (non-hydrogen) atoms. The van der Waals surface area contributed by atoms with Crippen LogP contribution in [0.2, 0.25) is 0 Å². The van der Waals surface area contributed by atoms with Gasteiger partial charge in [0.15, 0.2) is 0 Å². The molecule has 0 saturated carbocycles. The van der Waals surface area contributed by atoms with Gasteiger partial charge in [0, 0.05) is 30.5 Å². The summed E-state index contributed by atoms with van der Waals surface area (Å²) in [6, 6.07) is 17.0. The fraction of sp³-hybridized carbons (Fsp3) is 0.409. The fourth-order valence-corrected chi connectivity index (χ4v) is 3.65. The van der Waals surface area contributed by atoms with Crippen LogP contribution in [0.5, 0.6) is 0 Å². The summed E-state index contributed by atoms with van der Waals surface area (Å²) in [5, 5.41) is 6.73. The zero-order chi connectivity index (χ0) is 18.4. The van der Waals surface area contributed by atoms with Gasteiger partial charge in [-0.15, -0.1) is 0 Å². The molecule has 2 aromatic rings. The van der Waals surface area contributed by atoms with Gasteiger partial charge in [-0.05, 0) is 42.5 Å². The summed E-state index contributed by atoms with van der Waals surface area (Å²) >= 11 is 0. The third kappa shape index (κ3) is 4.64. The van der Waals surface area contributed by atoms with Crippen molar-refractivity contribution >= 4 is 17.3 Å². The second kappa shape index (κ2) is 8.86. The van der Waals surface area contributed by atoms with Gasteiger partial charge in [-0.3, -0.25) is 9.69 Å². The van der Waals surface area contributed by atoms with Gasteiger partial charge < -0.3 is 10.6 Å². The van der Waals surface area contributed by atoms with E-state index in [-0.39, 0.29) is 5.91 Å². The van der Waals surface area contributed by atoms with Crippen molar-refractivity contribution in [3.05, 3.63) is 59.7 Å². The normalized spacial score (nSPS) is 17.2. The number of carbonyl (C=O) groups is 1. The third-order valence-electron chi connectivity index (χ3n) is 5.05. The summed E-state index contributed by atoms with van der Waals surface area (Å²) in [4.78, 5) is 14.8. The maximum absolute atomic E-state index is 12.6. The van der Waals surface area contributed by atoms with E-state index in [1.807, 2.05) is 18.2 Å². The number of anilines is 2. The van der Waals surface area contributed by atoms with Crippen LogP contribution in [0.3, 0.4) is 0 Å². The first kappa shape index (κ1) is 18.5. The molecule has 1 aliphatic rings. The molecule has 1 fully saturated rings. The maximum Gasteiger partial charge on any atom is 0.238 e. The van der Waals surface area contributed by atoms with Crippen LogP contribution in [0.15, 0.2) is 48.5 Å². The minimum atomic E-state index is 0.0842. The number of rotatable bonds is 7. The van der Waals surface area contributed by atoms with Crippen molar-refractivity contribution in [3.8, 4) is 0 Å². The van der Waals surface area contributed by atoms with Crippen molar-refractivity contribution in [2.75, 3.05) is 30.3 Å². The second-order valence-electron chi connectivity index (χ2n) is 6.94. The first-order valence-electron chi connectivity index (χ1n) is 9.64. The lowest BCUT2D eigenvalue weighted by atomic mass is 10.0. The molecule has 2 aromatic carbocycles. The molecule has 0 spiro atoms. The van der Waals surface area contributed by atoms with Gasteiger partial charge >= 0.3 is 0 Å². The van der Waals surface area contributed by atoms with Crippen molar-refractivity contribution in [3.63, 3.8) is 0 Å². The Morgan fingerprint density at radius 3 is 2.38 bits per heavy atom. The molecule has 0 radical (unpaired) electrons. The van der Waals surface area contributed by atoms with Crippen LogP contribution in [0.4, 0.5) is 11.4 Å². The average molecular weight is 351 g/mol. The number of hydrogen-bond donors (Lipinski definition) is 2. The molecule has 3 rings (SSSR count). The summed E-state index contributed by atoms with van der Waals surface area (Å²) in [7, 11) is 0. The monoisotopic (exact) mass is 351 g/mol. The van der Waals surface area contributed by atoms with Crippen LogP contribution in [0.1, 0.15) is 31.4 Å². The van der Waals surface area contributed by atoms with Crippen LogP contribution in [0.25, 0.3) is 0 Å². The van der Waals surface area contributed by atoms with Gasteiger partial charge in [-0.2, -0.15) is 0 Å². The number of nitrogens with one attached hydrogen (secondary N) is 2. The lowest BCUT2D eigenvalue weighted by Gasteiger charge is -2.19. The molecule has 1 atom stereocenters. The zero-order valence-electron chi connectivity index (χ0n) is 15.8. The second-order valence-corrected chi connectivity index (χ2v) is 6.94. The molecule has 4 nitrogen and oxygen atoms in total. The summed E-state index contributed by atoms with van der Waals surface area (Å²) in [5.74, 6) is 0.0842. The predicted molar refractivity (Wildman–Crippen MR) is 109 cm³/mol. The summed E-state index contributed by atoms with van der Waals surface area (Å²) < 4.78 is 0. The van der Waals surface area contributed by atoms with Crippen molar-refractivity contribution < 1.29 is 4.79 Å². The standard InChI is InChI=1S/C22H29N3O/c1-3-17-9-8-10-18(4-2)22(17)24-21(26)16-25-14-13-20(15-25)23-19-11-6-5-7-12-19/h5-12,20,23H,3-4,13-16H2,1-2H3,(H,24,26). The van der Waals surface area contributed by atoms with E-state index in [0.29, 0.717) is 12.6 Å². The van der Waals surface area contributed by atoms with Crippen molar-refractivity contribution in [2.45, 2.75) is 39.2 Å². The highest BCUT2D eigenvalue weighted by Crippen LogP contribution is 2.23. The minimum absolute atomic E-state index is 0.0842. The number of likely N-dealkylation sites (tertiary alicyclic amines) is 1. The predicted octanol–water partition coefficient (Wildman–Crippen LogP) is 3.94. The Morgan fingerprint density at radius 1 is 1.04 bits per heavy atom. The number of para-hydroxylation sites is 2. The maximum atomic E-state index is 12.6. The van der Waals surface area contributed by atoms with Crippen molar-refractivity contribution in [2.24, 2.45) is 0 Å². The number of carbonyl (C=O) groups excluding carboxylic acids is 1. The number of nitrogens with zero attached hydrogens (tertiary/aromatic N) is 1. The minimum Gasteiger partial charge on any atom is -0.381 e. The van der Waals surface area contributed by atoms with Gasteiger partial charge in [0.05, 0.1) is 6.54 Å². The summed E-state index contributed by atoms with van der Waals surface area (Å²) in [6.45, 7) is 6.57. The zero-order valence-corrected chi connectivity index (χ0v) is 15.8. The van der Waals surface area contributed by atoms with E-state index in [9.17, 15) is 4.79 Å². The molecular formula is C22H29N3O. The molecule has 4 heteroatoms. The van der Waals surface area contributed by atoms with E-state index in [1.165, 1.54) is 11.1 Å². The first-order chi connectivity index (χ1) is 12.7. The van der Waals surface area contributed by atoms with Gasteiger partial charge in [0.1, 0.15) is 0 Å². The molecule has 1 unspecified atom stereocenters. The molecule has 1 heterocycles. The Morgan fingerprint density at radius 2 is 1.73 bits per heavy atom. The van der Waals surface area contributed by atoms with Crippen LogP contribution in [0, 0.1) is 0 Å². The molecular weight excluding hydrogens is 322 g/mol. The number of amides is 1. The van der Waals surface area contributed by atoms with E-state index >= 15 is 0 Å². The number of aryl methyl sites for hydroxylation is 2. The summed E-state index contributed by atoms with van der Waals surface area (Å²) in [6.07, 6.45) is 2.92. The Bertz CT molecular complexity index is 707. The van der Waals surface area contributed by atoms with E-state index in [2.05, 4.69) is 59.7 Å². The quantitative estimate of drug-likeness (QED) is 0.794. The lowest BCUT2D eigenvalue weighted by Crippen LogP contribution is -2.33. The number of benzene rings is 2. The molecule has 0 aliphatic carbocycles. The molecule has 1 amide bonds. The highest BCUT2D eigenvalue weighted by molar-refractivity contribution is 5.93. The molecule has 0 bridgehead atoms. The highest BCUT2D eigenvalue weighted by atomic mass is 16.2. The SMILES string of the molecule is CCc1cccc(CC)c1NC(=O)CN1CCC(Nc2ccccc2)C1. The molecule has 2 N–H and O–H groups in total. The lowest BCUT2D eigenvalue weighted by molar-refractivity contribution is -0.117. The van der Waals surface area contributed by atoms with Crippen molar-refractivity contribution in [1.82, 2.24) is 4.90 Å². The van der Waals surface area contributed by atoms with Crippen LogP contribution in [-0.4, -0.2) is 36.5 Å². The van der Waals surface area contributed by atoms with Crippen LogP contribution < -0.4 is 10.6 Å². The Labute approximate surface area is 156 Å². The van der Waals surface area contributed by atoms with E-state index in [4.69, 9.17) is 0 Å². The molecule has 1 saturated heterocycles. The Balaban J connectivity index is 1.55. The largest absolute Gasteiger partial charge is 0.381 e. The summed E-state index contributed by atoms with van der Waals surface area (Å²) in [5.41, 5.74) is 4.58. The third-order valence-corrected chi connectivity index (χ3v) is 5.05. The molecule has 1 aliphatic heterocycles. The molecule has 138 valence electrons. The van der Waals surface area contributed by atoms with E-state index in [0.717, 1.165) is 43.7 Å². The smallest absolute Gasteiger partial charge is 0.238 e. The highest BCUT2D eigenvalue weighted by Gasteiger charge is 2.24. The van der Waals surface area contributed by atoms with Crippen molar-refractivity contribution in [1.29, 1.82) is 0 Å². The van der Waals surface area contributed by atoms with Crippen LogP contribution in [-0.2, 0) is 17.6 Å². The topological polar surface area (TPSA) is 44.4 Å². The Hall–Kier alpha value is -2.33. The van der Waals surface area contributed by atoms with Gasteiger partial charge in [0.2, 0.25) is 5.91 Å². The van der Waals surface area contributed by atoms with Crippen LogP contribution >= 0.6 is 0 Å². The first-order valence-corrected chi connectivity index (χ1v) is 9.64. The van der Waals surface area contributed by atoms with E-state index in [1.54, 1.807) is 0 Å².